The Morgan fingerprint density at radius 3 is 2.64 bits per heavy atom. The number of pyridine rings is 1. The van der Waals surface area contributed by atoms with E-state index in [9.17, 15) is 4.79 Å². The van der Waals surface area contributed by atoms with E-state index in [2.05, 4.69) is 9.97 Å². The molecule has 0 fully saturated rings. The van der Waals surface area contributed by atoms with Crippen LogP contribution in [0.1, 0.15) is 0 Å². The van der Waals surface area contributed by atoms with Gasteiger partial charge in [-0.3, -0.25) is 4.79 Å². The first-order valence-corrected chi connectivity index (χ1v) is 6.99. The van der Waals surface area contributed by atoms with Crippen molar-refractivity contribution in [2.45, 2.75) is 0 Å². The molecule has 0 spiro atoms. The number of anilines is 1. The van der Waals surface area contributed by atoms with Crippen molar-refractivity contribution < 1.29 is 0 Å². The number of nitrogens with zero attached hydrogens (tertiary/aromatic N) is 2. The van der Waals surface area contributed by atoms with E-state index in [1.807, 2.05) is 60.1 Å². The van der Waals surface area contributed by atoms with Gasteiger partial charge in [0.05, 0.1) is 16.6 Å². The Morgan fingerprint density at radius 2 is 1.82 bits per heavy atom. The standard InChI is InChI=1S/C17H14N4O/c1-21-13-9-5-2-6-10(13)15(22)14(16(21)18)17-19-11-7-3-4-8-12(11)20-17/h2-9H,18H2,1H3,(H,19,20). The van der Waals surface area contributed by atoms with Crippen molar-refractivity contribution in [2.24, 2.45) is 7.05 Å². The number of rotatable bonds is 1. The van der Waals surface area contributed by atoms with Crippen molar-refractivity contribution in [3.63, 3.8) is 0 Å². The second kappa shape index (κ2) is 4.46. The minimum Gasteiger partial charge on any atom is -0.384 e. The second-order valence-electron chi connectivity index (χ2n) is 5.27. The van der Waals surface area contributed by atoms with Gasteiger partial charge in [-0.25, -0.2) is 4.98 Å². The maximum absolute atomic E-state index is 12.8. The minimum atomic E-state index is -0.106. The Labute approximate surface area is 126 Å². The lowest BCUT2D eigenvalue weighted by Gasteiger charge is -2.12. The summed E-state index contributed by atoms with van der Waals surface area (Å²) in [5.74, 6) is 0.910. The molecule has 0 unspecified atom stereocenters. The Morgan fingerprint density at radius 1 is 1.09 bits per heavy atom. The van der Waals surface area contributed by atoms with E-state index < -0.39 is 0 Å². The van der Waals surface area contributed by atoms with E-state index in [0.29, 0.717) is 22.6 Å². The highest BCUT2D eigenvalue weighted by molar-refractivity contribution is 5.89. The molecular weight excluding hydrogens is 276 g/mol. The number of aryl methyl sites for hydroxylation is 1. The molecule has 2 aromatic carbocycles. The van der Waals surface area contributed by atoms with Crippen LogP contribution >= 0.6 is 0 Å². The Hall–Kier alpha value is -3.08. The lowest BCUT2D eigenvalue weighted by atomic mass is 10.1. The third kappa shape index (κ3) is 1.65. The molecule has 108 valence electrons. The van der Waals surface area contributed by atoms with Gasteiger partial charge < -0.3 is 15.3 Å². The van der Waals surface area contributed by atoms with Gasteiger partial charge in [0.2, 0.25) is 5.43 Å². The lowest BCUT2D eigenvalue weighted by molar-refractivity contribution is 0.965. The van der Waals surface area contributed by atoms with Gasteiger partial charge in [0.1, 0.15) is 17.2 Å². The highest BCUT2D eigenvalue weighted by Crippen LogP contribution is 2.25. The van der Waals surface area contributed by atoms with Crippen molar-refractivity contribution in [3.05, 3.63) is 58.8 Å². The van der Waals surface area contributed by atoms with Gasteiger partial charge in [-0.15, -0.1) is 0 Å². The van der Waals surface area contributed by atoms with Gasteiger partial charge in [0.15, 0.2) is 0 Å². The largest absolute Gasteiger partial charge is 0.384 e. The van der Waals surface area contributed by atoms with E-state index in [-0.39, 0.29) is 5.43 Å². The van der Waals surface area contributed by atoms with Crippen molar-refractivity contribution in [2.75, 3.05) is 5.73 Å². The highest BCUT2D eigenvalue weighted by Gasteiger charge is 2.17. The predicted molar refractivity (Wildman–Crippen MR) is 88.7 cm³/mol. The van der Waals surface area contributed by atoms with E-state index in [4.69, 9.17) is 5.73 Å². The van der Waals surface area contributed by atoms with Crippen LogP contribution in [0, 0.1) is 0 Å². The second-order valence-corrected chi connectivity index (χ2v) is 5.27. The zero-order chi connectivity index (χ0) is 15.3. The molecule has 2 heterocycles. The molecule has 0 amide bonds. The van der Waals surface area contributed by atoms with Crippen LogP contribution in [-0.2, 0) is 7.05 Å². The average Bonchev–Trinajstić information content (AvgIpc) is 2.96. The number of benzene rings is 2. The quantitative estimate of drug-likeness (QED) is 0.566. The maximum atomic E-state index is 12.8. The van der Waals surface area contributed by atoms with E-state index in [1.165, 1.54) is 0 Å². The van der Waals surface area contributed by atoms with Crippen LogP contribution in [0.3, 0.4) is 0 Å². The number of H-pyrrole nitrogens is 1. The number of hydrogen-bond acceptors (Lipinski definition) is 3. The van der Waals surface area contributed by atoms with Crippen LogP contribution in [0.15, 0.2) is 53.3 Å². The smallest absolute Gasteiger partial charge is 0.202 e. The zero-order valence-corrected chi connectivity index (χ0v) is 12.0. The van der Waals surface area contributed by atoms with Gasteiger partial charge in [-0.05, 0) is 24.3 Å². The van der Waals surface area contributed by atoms with E-state index >= 15 is 0 Å². The lowest BCUT2D eigenvalue weighted by Crippen LogP contribution is -2.16. The molecule has 0 saturated heterocycles. The monoisotopic (exact) mass is 290 g/mol. The zero-order valence-electron chi connectivity index (χ0n) is 12.0. The molecule has 2 aromatic heterocycles. The number of fused-ring (bicyclic) bond motifs is 2. The molecule has 0 saturated carbocycles. The first-order valence-electron chi connectivity index (χ1n) is 6.99. The molecule has 5 nitrogen and oxygen atoms in total. The number of para-hydroxylation sites is 3. The van der Waals surface area contributed by atoms with Crippen LogP contribution in [-0.4, -0.2) is 14.5 Å². The fourth-order valence-corrected chi connectivity index (χ4v) is 2.81. The van der Waals surface area contributed by atoms with Crippen LogP contribution in [0.25, 0.3) is 33.3 Å². The summed E-state index contributed by atoms with van der Waals surface area (Å²) in [6.45, 7) is 0. The Balaban J connectivity index is 2.12. The highest BCUT2D eigenvalue weighted by atomic mass is 16.1. The normalized spacial score (nSPS) is 11.3. The molecule has 4 rings (SSSR count). The topological polar surface area (TPSA) is 76.7 Å². The summed E-state index contributed by atoms with van der Waals surface area (Å²) in [7, 11) is 1.85. The fraction of sp³-hybridized carbons (Fsp3) is 0.0588. The molecule has 0 radical (unpaired) electrons. The third-order valence-electron chi connectivity index (χ3n) is 3.98. The number of hydrogen-bond donors (Lipinski definition) is 2. The Kier molecular flexibility index (Phi) is 2.56. The molecular formula is C17H14N4O. The number of aromatic amines is 1. The number of nitrogens with two attached hydrogens (primary N) is 1. The summed E-state index contributed by atoms with van der Waals surface area (Å²) < 4.78 is 1.82. The first kappa shape index (κ1) is 12.6. The molecule has 0 aliphatic carbocycles. The number of nitrogen functional groups attached to an aromatic ring is 1. The van der Waals surface area contributed by atoms with Crippen LogP contribution in [0.2, 0.25) is 0 Å². The van der Waals surface area contributed by atoms with Crippen molar-refractivity contribution >= 4 is 27.8 Å². The average molecular weight is 290 g/mol. The van der Waals surface area contributed by atoms with E-state index in [1.54, 1.807) is 0 Å². The van der Waals surface area contributed by atoms with E-state index in [0.717, 1.165) is 16.6 Å². The summed E-state index contributed by atoms with van der Waals surface area (Å²) in [4.78, 5) is 20.5. The van der Waals surface area contributed by atoms with Crippen LogP contribution in [0.5, 0.6) is 0 Å². The molecule has 0 aliphatic rings. The molecule has 3 N–H and O–H groups in total. The fourth-order valence-electron chi connectivity index (χ4n) is 2.81. The Bertz CT molecular complexity index is 1040. The van der Waals surface area contributed by atoms with Crippen molar-refractivity contribution in [3.8, 4) is 11.4 Å². The van der Waals surface area contributed by atoms with Crippen LogP contribution < -0.4 is 11.2 Å². The van der Waals surface area contributed by atoms with Crippen molar-refractivity contribution in [1.82, 2.24) is 14.5 Å². The van der Waals surface area contributed by atoms with Gasteiger partial charge in [0, 0.05) is 12.4 Å². The first-order chi connectivity index (χ1) is 10.7. The maximum Gasteiger partial charge on any atom is 0.202 e. The number of imidazole rings is 1. The summed E-state index contributed by atoms with van der Waals surface area (Å²) >= 11 is 0. The summed E-state index contributed by atoms with van der Waals surface area (Å²) in [6.07, 6.45) is 0. The minimum absolute atomic E-state index is 0.106. The summed E-state index contributed by atoms with van der Waals surface area (Å²) in [5.41, 5.74) is 9.02. The van der Waals surface area contributed by atoms with Crippen molar-refractivity contribution in [1.29, 1.82) is 0 Å². The van der Waals surface area contributed by atoms with Gasteiger partial charge in [0.25, 0.3) is 0 Å². The molecule has 22 heavy (non-hydrogen) atoms. The number of aromatic nitrogens is 3. The van der Waals surface area contributed by atoms with Crippen LogP contribution in [0.4, 0.5) is 5.82 Å². The molecule has 0 bridgehead atoms. The SMILES string of the molecule is Cn1c(N)c(-c2nc3ccccc3[nH]2)c(=O)c2ccccc21. The van der Waals surface area contributed by atoms with Gasteiger partial charge >= 0.3 is 0 Å². The molecule has 4 aromatic rings. The number of nitrogens with one attached hydrogen (secondary N) is 1. The molecule has 0 aliphatic heterocycles. The summed E-state index contributed by atoms with van der Waals surface area (Å²) in [5, 5.41) is 0.634. The van der Waals surface area contributed by atoms with Gasteiger partial charge in [-0.2, -0.15) is 0 Å². The summed E-state index contributed by atoms with van der Waals surface area (Å²) in [6, 6.07) is 15.1. The van der Waals surface area contributed by atoms with Gasteiger partial charge in [-0.1, -0.05) is 24.3 Å². The molecule has 0 atom stereocenters. The predicted octanol–water partition coefficient (Wildman–Crippen LogP) is 2.66. The molecule has 5 heteroatoms. The third-order valence-corrected chi connectivity index (χ3v) is 3.98.